The highest BCUT2D eigenvalue weighted by Crippen LogP contribution is 2.43. The van der Waals surface area contributed by atoms with Crippen molar-refractivity contribution >= 4 is 44.8 Å². The van der Waals surface area contributed by atoms with Gasteiger partial charge in [-0.3, -0.25) is 0 Å². The average Bonchev–Trinajstić information content (AvgIpc) is 3.33. The summed E-state index contributed by atoms with van der Waals surface area (Å²) >= 11 is 0. The molecule has 0 aromatic heterocycles. The molecule has 1 aliphatic rings. The summed E-state index contributed by atoms with van der Waals surface area (Å²) in [7, 11) is 0. The van der Waals surface area contributed by atoms with E-state index in [9.17, 15) is 0 Å². The number of fused-ring (bicyclic) bond motifs is 1. The number of hydrogen-bond donors (Lipinski definition) is 0. The van der Waals surface area contributed by atoms with E-state index in [1.165, 1.54) is 61.0 Å². The van der Waals surface area contributed by atoms with Crippen LogP contribution in [0.2, 0.25) is 0 Å². The molecule has 0 saturated carbocycles. The van der Waals surface area contributed by atoms with Crippen molar-refractivity contribution in [2.75, 3.05) is 9.80 Å². The highest BCUT2D eigenvalue weighted by molar-refractivity contribution is 5.91. The fourth-order valence-corrected chi connectivity index (χ4v) is 8.54. The minimum absolute atomic E-state index is 0.937. The molecule has 2 heteroatoms. The Bertz CT molecular complexity index is 2930. The third-order valence-electron chi connectivity index (χ3n) is 11.5. The zero-order valence-corrected chi connectivity index (χ0v) is 33.4. The maximum Gasteiger partial charge on any atom is 0.0540 e. The molecular weight excluding hydrogens is 725 g/mol. The molecule has 0 aliphatic heterocycles. The number of nitrogens with zero attached hydrogens (tertiary/aromatic N) is 2. The second-order valence-electron chi connectivity index (χ2n) is 15.3. The van der Waals surface area contributed by atoms with Crippen LogP contribution >= 0.6 is 0 Å². The Kier molecular flexibility index (Phi) is 10.2. The molecule has 0 radical (unpaired) electrons. The van der Waals surface area contributed by atoms with Crippen molar-refractivity contribution in [3.63, 3.8) is 0 Å². The van der Waals surface area contributed by atoms with E-state index < -0.39 is 0 Å². The van der Waals surface area contributed by atoms with Crippen molar-refractivity contribution in [3.8, 4) is 33.4 Å². The first-order valence-corrected chi connectivity index (χ1v) is 20.8. The summed E-state index contributed by atoms with van der Waals surface area (Å²) in [4.78, 5) is 4.82. The Balaban J connectivity index is 1.01. The molecule has 0 atom stereocenters. The topological polar surface area (TPSA) is 6.48 Å². The molecule has 10 rings (SSSR count). The predicted octanol–water partition coefficient (Wildman–Crippen LogP) is 16.2. The van der Waals surface area contributed by atoms with Crippen LogP contribution in [0.15, 0.2) is 248 Å². The molecular formula is C58H44N2. The van der Waals surface area contributed by atoms with Gasteiger partial charge in [0.05, 0.1) is 5.69 Å². The van der Waals surface area contributed by atoms with Crippen molar-refractivity contribution in [2.45, 2.75) is 12.8 Å². The van der Waals surface area contributed by atoms with Crippen LogP contribution in [-0.2, 0) is 0 Å². The molecule has 0 N–H and O–H groups in total. The van der Waals surface area contributed by atoms with E-state index in [0.29, 0.717) is 0 Å². The maximum absolute atomic E-state index is 2.45. The molecule has 0 saturated heterocycles. The molecule has 0 heterocycles. The molecule has 286 valence electrons. The summed E-state index contributed by atoms with van der Waals surface area (Å²) in [6, 6.07) is 83.2. The molecule has 0 fully saturated rings. The molecule has 60 heavy (non-hydrogen) atoms. The lowest BCUT2D eigenvalue weighted by Gasteiger charge is -2.31. The van der Waals surface area contributed by atoms with Gasteiger partial charge in [-0.25, -0.2) is 0 Å². The standard InChI is InChI=1S/C58H44N2/c1-4-16-43(17-5-1)45-34-38-53(39-35-45)59(51-20-6-2-7-21-51)57-26-14-12-24-55(57)47-29-31-48(32-30-47)56-25-13-15-27-58(56)60(52-22-8-3-9-23-52)54-40-36-46(37-41-54)50-33-28-44-18-10-11-19-49(44)42-50/h1-14,16-26,28-42H,15,27H2. The first kappa shape index (κ1) is 36.6. The van der Waals surface area contributed by atoms with Crippen molar-refractivity contribution in [1.82, 2.24) is 0 Å². The second-order valence-corrected chi connectivity index (χ2v) is 15.3. The molecule has 9 aromatic rings. The smallest absolute Gasteiger partial charge is 0.0540 e. The lowest BCUT2D eigenvalue weighted by atomic mass is 9.93. The highest BCUT2D eigenvalue weighted by atomic mass is 15.2. The Hall–Kier alpha value is -7.68. The van der Waals surface area contributed by atoms with Crippen molar-refractivity contribution in [1.29, 1.82) is 0 Å². The normalized spacial score (nSPS) is 12.4. The Morgan fingerprint density at radius 2 is 0.783 bits per heavy atom. The van der Waals surface area contributed by atoms with E-state index in [2.05, 4.69) is 252 Å². The van der Waals surface area contributed by atoms with E-state index in [1.54, 1.807) is 0 Å². The Labute approximate surface area is 353 Å². The zero-order chi connectivity index (χ0) is 40.1. The van der Waals surface area contributed by atoms with Gasteiger partial charge in [0.25, 0.3) is 0 Å². The Morgan fingerprint density at radius 3 is 1.47 bits per heavy atom. The van der Waals surface area contributed by atoms with Crippen LogP contribution in [0.4, 0.5) is 28.4 Å². The van der Waals surface area contributed by atoms with Gasteiger partial charge in [0.2, 0.25) is 0 Å². The number of anilines is 5. The van der Waals surface area contributed by atoms with E-state index in [0.717, 1.165) is 41.3 Å². The lowest BCUT2D eigenvalue weighted by Crippen LogP contribution is -2.19. The largest absolute Gasteiger partial charge is 0.314 e. The fourth-order valence-electron chi connectivity index (χ4n) is 8.54. The van der Waals surface area contributed by atoms with Gasteiger partial charge in [-0.1, -0.05) is 182 Å². The van der Waals surface area contributed by atoms with Crippen LogP contribution in [0, 0.1) is 0 Å². The molecule has 1 aliphatic carbocycles. The minimum Gasteiger partial charge on any atom is -0.314 e. The van der Waals surface area contributed by atoms with Crippen LogP contribution in [0.3, 0.4) is 0 Å². The number of benzene rings is 9. The molecule has 9 aromatic carbocycles. The van der Waals surface area contributed by atoms with Crippen LogP contribution in [0.1, 0.15) is 18.4 Å². The summed E-state index contributed by atoms with van der Waals surface area (Å²) in [5.41, 5.74) is 16.6. The van der Waals surface area contributed by atoms with Crippen molar-refractivity contribution < 1.29 is 0 Å². The lowest BCUT2D eigenvalue weighted by molar-refractivity contribution is 0.923. The number of hydrogen-bond acceptors (Lipinski definition) is 2. The average molecular weight is 769 g/mol. The van der Waals surface area contributed by atoms with Gasteiger partial charge >= 0.3 is 0 Å². The minimum atomic E-state index is 0.937. The summed E-state index contributed by atoms with van der Waals surface area (Å²) in [5, 5.41) is 2.51. The molecule has 0 bridgehead atoms. The van der Waals surface area contributed by atoms with E-state index in [1.807, 2.05) is 0 Å². The first-order chi connectivity index (χ1) is 29.8. The summed E-state index contributed by atoms with van der Waals surface area (Å²) in [5.74, 6) is 0. The van der Waals surface area contributed by atoms with Crippen molar-refractivity contribution in [2.24, 2.45) is 0 Å². The highest BCUT2D eigenvalue weighted by Gasteiger charge is 2.22. The maximum atomic E-state index is 2.45. The van der Waals surface area contributed by atoms with E-state index in [-0.39, 0.29) is 0 Å². The Morgan fingerprint density at radius 1 is 0.317 bits per heavy atom. The monoisotopic (exact) mass is 768 g/mol. The van der Waals surface area contributed by atoms with Gasteiger partial charge in [0.1, 0.15) is 0 Å². The van der Waals surface area contributed by atoms with Crippen LogP contribution in [-0.4, -0.2) is 0 Å². The van der Waals surface area contributed by atoms with Gasteiger partial charge in [-0.15, -0.1) is 0 Å². The van der Waals surface area contributed by atoms with Crippen LogP contribution in [0.5, 0.6) is 0 Å². The quantitative estimate of drug-likeness (QED) is 0.137. The predicted molar refractivity (Wildman–Crippen MR) is 255 cm³/mol. The molecule has 0 amide bonds. The number of rotatable bonds is 10. The zero-order valence-electron chi connectivity index (χ0n) is 33.4. The van der Waals surface area contributed by atoms with Gasteiger partial charge in [-0.05, 0) is 118 Å². The van der Waals surface area contributed by atoms with E-state index >= 15 is 0 Å². The van der Waals surface area contributed by atoms with Crippen molar-refractivity contribution in [3.05, 3.63) is 254 Å². The second kappa shape index (κ2) is 16.7. The van der Waals surface area contributed by atoms with Crippen LogP contribution in [0.25, 0.3) is 49.7 Å². The van der Waals surface area contributed by atoms with Gasteiger partial charge in [0.15, 0.2) is 0 Å². The van der Waals surface area contributed by atoms with E-state index in [4.69, 9.17) is 0 Å². The third-order valence-corrected chi connectivity index (χ3v) is 11.5. The third kappa shape index (κ3) is 7.43. The van der Waals surface area contributed by atoms with Gasteiger partial charge < -0.3 is 9.80 Å². The summed E-state index contributed by atoms with van der Waals surface area (Å²) < 4.78 is 0. The molecule has 2 nitrogen and oxygen atoms in total. The number of para-hydroxylation sites is 3. The summed E-state index contributed by atoms with van der Waals surface area (Å²) in [6.45, 7) is 0. The SMILES string of the molecule is C1=CC(c2ccc(-c3ccccc3N(c3ccccc3)c3ccc(-c4ccccc4)cc3)cc2)=C(N(c2ccccc2)c2ccc(-c3ccc4ccccc4c3)cc2)CC1. The van der Waals surface area contributed by atoms with Crippen LogP contribution < -0.4 is 9.80 Å². The first-order valence-electron chi connectivity index (χ1n) is 20.8. The molecule has 0 spiro atoms. The van der Waals surface area contributed by atoms with Gasteiger partial charge in [0, 0.05) is 39.6 Å². The molecule has 0 unspecified atom stereocenters. The fraction of sp³-hybridized carbons (Fsp3) is 0.0345. The summed E-state index contributed by atoms with van der Waals surface area (Å²) in [6.07, 6.45) is 6.56. The van der Waals surface area contributed by atoms with Gasteiger partial charge in [-0.2, -0.15) is 0 Å². The number of allylic oxidation sites excluding steroid dienone is 4.